The van der Waals surface area contributed by atoms with Crippen molar-refractivity contribution in [1.82, 2.24) is 0 Å². The minimum absolute atomic E-state index is 0.00464. The molecule has 2 aromatic rings. The molecule has 0 saturated carbocycles. The molecule has 27 heavy (non-hydrogen) atoms. The third-order valence-corrected chi connectivity index (χ3v) is 4.45. The highest BCUT2D eigenvalue weighted by Crippen LogP contribution is 2.27. The molecule has 0 spiro atoms. The summed E-state index contributed by atoms with van der Waals surface area (Å²) in [5, 5.41) is 0. The van der Waals surface area contributed by atoms with Crippen LogP contribution in [0.1, 0.15) is 37.8 Å². The zero-order valence-corrected chi connectivity index (χ0v) is 16.0. The zero-order chi connectivity index (χ0) is 19.8. The van der Waals surface area contributed by atoms with Crippen LogP contribution in [0.5, 0.6) is 0 Å². The van der Waals surface area contributed by atoms with Gasteiger partial charge in [-0.2, -0.15) is 0 Å². The summed E-state index contributed by atoms with van der Waals surface area (Å²) < 4.78 is 18.8. The molecule has 2 unspecified atom stereocenters. The van der Waals surface area contributed by atoms with Gasteiger partial charge in [0.2, 0.25) is 0 Å². The van der Waals surface area contributed by atoms with Crippen LogP contribution < -0.4 is 0 Å². The molecule has 2 aromatic carbocycles. The van der Waals surface area contributed by atoms with Gasteiger partial charge < -0.3 is 4.74 Å². The van der Waals surface area contributed by atoms with Gasteiger partial charge in [0.15, 0.2) is 6.10 Å². The molecule has 140 valence electrons. The lowest BCUT2D eigenvalue weighted by Crippen LogP contribution is -2.26. The van der Waals surface area contributed by atoms with Gasteiger partial charge in [0.25, 0.3) is 0 Å². The monoisotopic (exact) mass is 364 g/mol. The van der Waals surface area contributed by atoms with Crippen LogP contribution in [0.4, 0.5) is 4.39 Å². The molecule has 0 fully saturated rings. The van der Waals surface area contributed by atoms with Gasteiger partial charge in [0.05, 0.1) is 5.92 Å². The predicted octanol–water partition coefficient (Wildman–Crippen LogP) is 5.30. The number of rotatable bonds is 7. The fourth-order valence-corrected chi connectivity index (χ4v) is 2.91. The Labute approximate surface area is 161 Å². The van der Waals surface area contributed by atoms with Crippen molar-refractivity contribution in [3.63, 3.8) is 0 Å². The van der Waals surface area contributed by atoms with Crippen molar-refractivity contribution in [3.8, 4) is 12.3 Å². The topological polar surface area (TPSA) is 26.3 Å². The number of ether oxygens (including phenoxy) is 1. The minimum Gasteiger partial charge on any atom is -0.444 e. The van der Waals surface area contributed by atoms with E-state index < -0.39 is 18.0 Å². The Bertz CT molecular complexity index is 814. The fourth-order valence-electron chi connectivity index (χ4n) is 2.91. The lowest BCUT2D eigenvalue weighted by molar-refractivity contribution is -0.148. The van der Waals surface area contributed by atoms with Crippen molar-refractivity contribution < 1.29 is 13.9 Å². The molecule has 0 bridgehead atoms. The lowest BCUT2D eigenvalue weighted by Gasteiger charge is -2.22. The third kappa shape index (κ3) is 5.82. The summed E-state index contributed by atoms with van der Waals surface area (Å²) in [4.78, 5) is 12.8. The standard InChI is InChI=1S/C24H25FO2/c1-5-22(18(4)11-12-19-9-7-6-8-10-19)27-24(26)23(17(2)3)20-13-15-21(25)16-14-20/h1,6-11,13-17,22-23H,12H2,2-4H3/b18-11+. The zero-order valence-electron chi connectivity index (χ0n) is 16.0. The van der Waals surface area contributed by atoms with Crippen molar-refractivity contribution in [2.45, 2.75) is 39.2 Å². The summed E-state index contributed by atoms with van der Waals surface area (Å²) >= 11 is 0. The van der Waals surface area contributed by atoms with Gasteiger partial charge in [-0.1, -0.05) is 68.3 Å². The number of hydrogen-bond acceptors (Lipinski definition) is 2. The smallest absolute Gasteiger partial charge is 0.315 e. The first kappa shape index (κ1) is 20.5. The fraction of sp³-hybridized carbons (Fsp3) is 0.292. The van der Waals surface area contributed by atoms with Crippen molar-refractivity contribution in [2.75, 3.05) is 0 Å². The Balaban J connectivity index is 2.11. The first-order valence-corrected chi connectivity index (χ1v) is 9.05. The molecule has 2 nitrogen and oxygen atoms in total. The molecule has 0 N–H and O–H groups in total. The number of esters is 1. The molecule has 2 atom stereocenters. The summed E-state index contributed by atoms with van der Waals surface area (Å²) in [7, 11) is 0. The Hall–Kier alpha value is -2.86. The van der Waals surface area contributed by atoms with Gasteiger partial charge in [-0.25, -0.2) is 4.39 Å². The van der Waals surface area contributed by atoms with Gasteiger partial charge in [-0.15, -0.1) is 6.42 Å². The van der Waals surface area contributed by atoms with Crippen molar-refractivity contribution >= 4 is 5.97 Å². The minimum atomic E-state index is -0.720. The second-order valence-electron chi connectivity index (χ2n) is 6.89. The molecular formula is C24H25FO2. The quantitative estimate of drug-likeness (QED) is 0.379. The highest BCUT2D eigenvalue weighted by molar-refractivity contribution is 5.79. The Morgan fingerprint density at radius 2 is 1.78 bits per heavy atom. The summed E-state index contributed by atoms with van der Waals surface area (Å²) in [5.41, 5.74) is 2.69. The van der Waals surface area contributed by atoms with Crippen molar-refractivity contribution in [2.24, 2.45) is 5.92 Å². The number of terminal acetylenes is 1. The molecule has 0 aliphatic carbocycles. The maximum absolute atomic E-state index is 13.2. The maximum atomic E-state index is 13.2. The van der Waals surface area contributed by atoms with Gasteiger partial charge in [0.1, 0.15) is 5.82 Å². The number of carbonyl (C=O) groups is 1. The second kappa shape index (κ2) is 9.73. The summed E-state index contributed by atoms with van der Waals surface area (Å²) in [6.45, 7) is 5.72. The third-order valence-electron chi connectivity index (χ3n) is 4.45. The number of carbonyl (C=O) groups excluding carboxylic acids is 1. The molecule has 2 rings (SSSR count). The van der Waals surface area contributed by atoms with Crippen LogP contribution in [0, 0.1) is 24.1 Å². The first-order chi connectivity index (χ1) is 12.9. The number of benzene rings is 2. The average molecular weight is 364 g/mol. The largest absolute Gasteiger partial charge is 0.444 e. The highest BCUT2D eigenvalue weighted by atomic mass is 19.1. The molecule has 0 aliphatic heterocycles. The molecule has 3 heteroatoms. The molecule has 0 aromatic heterocycles. The molecule has 0 saturated heterocycles. The lowest BCUT2D eigenvalue weighted by atomic mass is 9.88. The van der Waals surface area contributed by atoms with E-state index in [1.165, 1.54) is 12.1 Å². The summed E-state index contributed by atoms with van der Waals surface area (Å²) in [6.07, 6.45) is 7.59. The van der Waals surface area contributed by atoms with Crippen LogP contribution in [-0.2, 0) is 16.0 Å². The Morgan fingerprint density at radius 3 is 2.33 bits per heavy atom. The Kier molecular flexibility index (Phi) is 7.37. The van der Waals surface area contributed by atoms with E-state index in [4.69, 9.17) is 11.2 Å². The molecule has 0 radical (unpaired) electrons. The predicted molar refractivity (Wildman–Crippen MR) is 107 cm³/mol. The van der Waals surface area contributed by atoms with E-state index in [1.807, 2.05) is 57.2 Å². The van der Waals surface area contributed by atoms with E-state index in [2.05, 4.69) is 5.92 Å². The normalized spacial score (nSPS) is 13.7. The van der Waals surface area contributed by atoms with Crippen molar-refractivity contribution in [1.29, 1.82) is 0 Å². The van der Waals surface area contributed by atoms with Crippen LogP contribution in [0.2, 0.25) is 0 Å². The van der Waals surface area contributed by atoms with Crippen molar-refractivity contribution in [3.05, 3.63) is 83.2 Å². The highest BCUT2D eigenvalue weighted by Gasteiger charge is 2.28. The van der Waals surface area contributed by atoms with Gasteiger partial charge in [0, 0.05) is 0 Å². The van der Waals surface area contributed by atoms with Gasteiger partial charge in [-0.3, -0.25) is 4.79 Å². The second-order valence-corrected chi connectivity index (χ2v) is 6.89. The number of hydrogen-bond donors (Lipinski definition) is 0. The molecule has 0 heterocycles. The average Bonchev–Trinajstić information content (AvgIpc) is 2.66. The van der Waals surface area contributed by atoms with E-state index in [0.29, 0.717) is 6.42 Å². The van der Waals surface area contributed by atoms with Crippen LogP contribution in [-0.4, -0.2) is 12.1 Å². The van der Waals surface area contributed by atoms with E-state index in [9.17, 15) is 9.18 Å². The Morgan fingerprint density at radius 1 is 1.15 bits per heavy atom. The van der Waals surface area contributed by atoms with Crippen LogP contribution >= 0.6 is 0 Å². The van der Waals surface area contributed by atoms with E-state index in [0.717, 1.165) is 16.7 Å². The van der Waals surface area contributed by atoms with Crippen LogP contribution in [0.15, 0.2) is 66.2 Å². The van der Waals surface area contributed by atoms with E-state index in [1.54, 1.807) is 12.1 Å². The van der Waals surface area contributed by atoms with E-state index in [-0.39, 0.29) is 11.7 Å². The van der Waals surface area contributed by atoms with Crippen LogP contribution in [0.3, 0.4) is 0 Å². The van der Waals surface area contributed by atoms with E-state index >= 15 is 0 Å². The number of halogens is 1. The van der Waals surface area contributed by atoms with Gasteiger partial charge >= 0.3 is 5.97 Å². The van der Waals surface area contributed by atoms with Gasteiger partial charge in [-0.05, 0) is 48.1 Å². The maximum Gasteiger partial charge on any atom is 0.315 e. The molecule has 0 amide bonds. The SMILES string of the molecule is C#CC(OC(=O)C(c1ccc(F)cc1)C(C)C)/C(C)=C/Cc1ccccc1. The summed E-state index contributed by atoms with van der Waals surface area (Å²) in [6, 6.07) is 15.9. The van der Waals surface area contributed by atoms with Crippen LogP contribution in [0.25, 0.3) is 0 Å². The summed E-state index contributed by atoms with van der Waals surface area (Å²) in [5.74, 6) is 1.32. The number of allylic oxidation sites excluding steroid dienone is 1. The first-order valence-electron chi connectivity index (χ1n) is 9.05. The molecule has 0 aliphatic rings. The molecular weight excluding hydrogens is 339 g/mol.